The molecule has 1 aromatic heterocycles. The molecule has 0 amide bonds. The zero-order chi connectivity index (χ0) is 22.6. The Kier molecular flexibility index (Phi) is 8.15. The number of hydrogen-bond acceptors (Lipinski definition) is 9. The molecule has 0 aliphatic carbocycles. The summed E-state index contributed by atoms with van der Waals surface area (Å²) in [6.07, 6.45) is -3.38. The second-order valence-electron chi connectivity index (χ2n) is 6.18. The summed E-state index contributed by atoms with van der Waals surface area (Å²) in [7, 11) is 0. The van der Waals surface area contributed by atoms with E-state index in [-0.39, 0.29) is 12.3 Å². The molecule has 0 saturated carbocycles. The summed E-state index contributed by atoms with van der Waals surface area (Å²) < 4.78 is 22.8. The highest BCUT2D eigenvalue weighted by Gasteiger charge is 2.51. The number of halogens is 2. The van der Waals surface area contributed by atoms with Gasteiger partial charge in [-0.2, -0.15) is 0 Å². The van der Waals surface area contributed by atoms with Crippen LogP contribution in [0.15, 0.2) is 19.0 Å². The van der Waals surface area contributed by atoms with Gasteiger partial charge in [0.2, 0.25) is 0 Å². The van der Waals surface area contributed by atoms with E-state index in [9.17, 15) is 24.0 Å². The van der Waals surface area contributed by atoms with Crippen molar-refractivity contribution in [1.29, 1.82) is 0 Å². The Morgan fingerprint density at radius 2 is 1.70 bits per heavy atom. The Hall–Kier alpha value is -2.25. The van der Waals surface area contributed by atoms with Crippen molar-refractivity contribution in [3.05, 3.63) is 36.0 Å². The third-order valence-corrected chi connectivity index (χ3v) is 4.32. The third kappa shape index (κ3) is 6.12. The lowest BCUT2D eigenvalue weighted by molar-refractivity contribution is -0.166. The maximum absolute atomic E-state index is 12.6. The van der Waals surface area contributed by atoms with Crippen molar-refractivity contribution in [2.75, 3.05) is 6.61 Å². The summed E-state index contributed by atoms with van der Waals surface area (Å²) in [6.45, 7) is 3.13. The smallest absolute Gasteiger partial charge is 0.331 e. The van der Waals surface area contributed by atoms with Gasteiger partial charge >= 0.3 is 23.6 Å². The highest BCUT2D eigenvalue weighted by Crippen LogP contribution is 2.34. The first-order valence-electron chi connectivity index (χ1n) is 8.51. The van der Waals surface area contributed by atoms with Crippen LogP contribution in [0.1, 0.15) is 32.7 Å². The van der Waals surface area contributed by atoms with Crippen LogP contribution in [0.4, 0.5) is 0 Å². The Balaban J connectivity index is 2.61. The number of ether oxygens (including phenoxy) is 4. The quantitative estimate of drug-likeness (QED) is 0.402. The van der Waals surface area contributed by atoms with Gasteiger partial charge in [-0.25, -0.2) is 4.79 Å². The van der Waals surface area contributed by atoms with Gasteiger partial charge in [0.1, 0.15) is 12.7 Å². The molecule has 164 valence electrons. The van der Waals surface area contributed by atoms with Gasteiger partial charge in [0.15, 0.2) is 18.4 Å². The molecule has 0 aromatic carbocycles. The molecule has 1 fully saturated rings. The molecule has 0 spiro atoms. The monoisotopic (exact) mass is 552 g/mol. The van der Waals surface area contributed by atoms with Gasteiger partial charge in [-0.05, 0) is 37.9 Å². The molecule has 4 atom stereocenters. The lowest BCUT2D eigenvalue weighted by Crippen LogP contribution is -2.43. The number of rotatable bonds is 6. The van der Waals surface area contributed by atoms with E-state index in [1.807, 2.05) is 0 Å². The Labute approximate surface area is 186 Å². The molecule has 11 nitrogen and oxygen atoms in total. The van der Waals surface area contributed by atoms with Crippen LogP contribution in [-0.4, -0.2) is 52.4 Å². The molecule has 0 radical (unpaired) electrons. The van der Waals surface area contributed by atoms with Crippen molar-refractivity contribution in [2.24, 2.45) is 0 Å². The average Bonchev–Trinajstić information content (AvgIpc) is 2.88. The summed E-state index contributed by atoms with van der Waals surface area (Å²) in [4.78, 5) is 61.0. The molecule has 1 aliphatic heterocycles. The van der Waals surface area contributed by atoms with E-state index in [0.717, 1.165) is 24.5 Å². The van der Waals surface area contributed by atoms with E-state index in [2.05, 4.69) is 36.8 Å². The van der Waals surface area contributed by atoms with Crippen molar-refractivity contribution in [2.45, 2.75) is 45.3 Å². The number of nitrogens with zero attached hydrogens (tertiary/aromatic N) is 1. The summed E-state index contributed by atoms with van der Waals surface area (Å²) in [5, 5.41) is 0. The molecule has 1 aliphatic rings. The topological polar surface area (TPSA) is 143 Å². The minimum absolute atomic E-state index is 0.101. The van der Waals surface area contributed by atoms with Gasteiger partial charge in [0, 0.05) is 26.8 Å². The number of aromatic nitrogens is 2. The van der Waals surface area contributed by atoms with Crippen LogP contribution in [-0.2, 0) is 33.3 Å². The Bertz CT molecular complexity index is 980. The second kappa shape index (κ2) is 10.2. The van der Waals surface area contributed by atoms with E-state index in [4.69, 9.17) is 18.9 Å². The molecule has 0 bridgehead atoms. The second-order valence-corrected chi connectivity index (χ2v) is 8.96. The van der Waals surface area contributed by atoms with Crippen LogP contribution in [0.5, 0.6) is 0 Å². The van der Waals surface area contributed by atoms with Gasteiger partial charge < -0.3 is 18.9 Å². The maximum atomic E-state index is 12.6. The average molecular weight is 554 g/mol. The summed E-state index contributed by atoms with van der Waals surface area (Å²) in [6, 6.07) is 1.12. The maximum Gasteiger partial charge on any atom is 0.331 e. The van der Waals surface area contributed by atoms with Gasteiger partial charge in [-0.15, -0.1) is 0 Å². The standard InChI is InChI=1S/C17H18Br2N2O9/c1-7(22)27-6-11-14(28-8(2)23)15(29-9(3)24)16(30-11)21-10(4-12(18)19)5-13(25)20-17(21)26/h4-5,11,14-16H,6H2,1-3H3,(H,20,25,26)/t11-,14-,15-,16-/m1/s1. The summed E-state index contributed by atoms with van der Waals surface area (Å²) in [5.41, 5.74) is -1.42. The SMILES string of the molecule is CC(=O)OC[C@H]1O[C@@H](n2c(C=C(Br)Br)cc(=O)[nH]c2=O)[C@H](OC(C)=O)[C@@H]1OC(C)=O. The minimum Gasteiger partial charge on any atom is -0.463 e. The van der Waals surface area contributed by atoms with Crippen molar-refractivity contribution in [1.82, 2.24) is 9.55 Å². The Morgan fingerprint density at radius 3 is 2.23 bits per heavy atom. The molecule has 1 saturated heterocycles. The van der Waals surface area contributed by atoms with E-state index < -0.39 is 53.7 Å². The largest absolute Gasteiger partial charge is 0.463 e. The van der Waals surface area contributed by atoms with Crippen LogP contribution in [0.2, 0.25) is 0 Å². The van der Waals surface area contributed by atoms with Crippen molar-refractivity contribution >= 4 is 55.8 Å². The fourth-order valence-corrected chi connectivity index (χ4v) is 3.38. The van der Waals surface area contributed by atoms with E-state index >= 15 is 0 Å². The molecular weight excluding hydrogens is 536 g/mol. The van der Waals surface area contributed by atoms with Crippen molar-refractivity contribution in [3.63, 3.8) is 0 Å². The van der Waals surface area contributed by atoms with Crippen LogP contribution in [0.25, 0.3) is 6.08 Å². The van der Waals surface area contributed by atoms with Crippen LogP contribution in [0, 0.1) is 0 Å². The molecule has 30 heavy (non-hydrogen) atoms. The van der Waals surface area contributed by atoms with E-state index in [1.165, 1.54) is 13.0 Å². The normalized spacial score (nSPS) is 22.8. The molecule has 2 heterocycles. The zero-order valence-electron chi connectivity index (χ0n) is 16.0. The summed E-state index contributed by atoms with van der Waals surface area (Å²) >= 11 is 6.31. The van der Waals surface area contributed by atoms with Crippen LogP contribution >= 0.6 is 31.9 Å². The fourth-order valence-electron chi connectivity index (χ4n) is 2.91. The number of carbonyl (C=O) groups excluding carboxylic acids is 3. The van der Waals surface area contributed by atoms with Crippen molar-refractivity contribution in [3.8, 4) is 0 Å². The van der Waals surface area contributed by atoms with E-state index in [0.29, 0.717) is 3.39 Å². The van der Waals surface area contributed by atoms with Gasteiger partial charge in [0.25, 0.3) is 5.56 Å². The molecule has 13 heteroatoms. The minimum atomic E-state index is -1.30. The number of aromatic amines is 1. The van der Waals surface area contributed by atoms with Gasteiger partial charge in [-0.3, -0.25) is 28.7 Å². The highest BCUT2D eigenvalue weighted by atomic mass is 79.9. The summed E-state index contributed by atoms with van der Waals surface area (Å²) in [5.74, 6) is -2.04. The zero-order valence-corrected chi connectivity index (χ0v) is 19.2. The first-order chi connectivity index (χ1) is 14.0. The first-order valence-corrected chi connectivity index (χ1v) is 10.1. The Morgan fingerprint density at radius 1 is 1.10 bits per heavy atom. The van der Waals surface area contributed by atoms with Crippen LogP contribution < -0.4 is 11.2 Å². The third-order valence-electron chi connectivity index (χ3n) is 3.86. The predicted octanol–water partition coefficient (Wildman–Crippen LogP) is 0.949. The lowest BCUT2D eigenvalue weighted by Gasteiger charge is -2.24. The highest BCUT2D eigenvalue weighted by molar-refractivity contribution is 9.28. The molecule has 2 rings (SSSR count). The number of H-pyrrole nitrogens is 1. The number of carbonyl (C=O) groups is 3. The lowest BCUT2D eigenvalue weighted by atomic mass is 10.1. The number of nitrogens with one attached hydrogen (secondary N) is 1. The number of esters is 3. The predicted molar refractivity (Wildman–Crippen MR) is 109 cm³/mol. The van der Waals surface area contributed by atoms with Crippen molar-refractivity contribution < 1.29 is 33.3 Å². The first kappa shape index (κ1) is 24.0. The fraction of sp³-hybridized carbons (Fsp3) is 0.471. The molecule has 1 aromatic rings. The van der Waals surface area contributed by atoms with Gasteiger partial charge in [0.05, 0.1) is 9.09 Å². The molecule has 0 unspecified atom stereocenters. The van der Waals surface area contributed by atoms with Crippen LogP contribution in [0.3, 0.4) is 0 Å². The number of hydrogen-bond donors (Lipinski definition) is 1. The van der Waals surface area contributed by atoms with Gasteiger partial charge in [-0.1, -0.05) is 0 Å². The molecular formula is C17H18Br2N2O9. The van der Waals surface area contributed by atoms with E-state index in [1.54, 1.807) is 0 Å². The molecule has 1 N–H and O–H groups in total.